The van der Waals surface area contributed by atoms with Crippen molar-refractivity contribution in [3.63, 3.8) is 0 Å². The summed E-state index contributed by atoms with van der Waals surface area (Å²) in [6.07, 6.45) is 3.23. The summed E-state index contributed by atoms with van der Waals surface area (Å²) >= 11 is 0. The van der Waals surface area contributed by atoms with Crippen molar-refractivity contribution >= 4 is 0 Å². The van der Waals surface area contributed by atoms with Crippen molar-refractivity contribution in [2.75, 3.05) is 19.7 Å². The third-order valence-electron chi connectivity index (χ3n) is 3.98. The molecule has 0 amide bonds. The standard InChI is InChI=1S/C15H24N4O/c1-12-15(13(2)19(17-12)8-9-20)11-18(7-3-6-16)10-14-4-5-14/h14,20H,3-5,7-11H2,1-2H3. The highest BCUT2D eigenvalue weighted by molar-refractivity contribution is 5.24. The molecule has 1 aromatic heterocycles. The van der Waals surface area contributed by atoms with Crippen LogP contribution in [0.2, 0.25) is 0 Å². The second-order valence-corrected chi connectivity index (χ2v) is 5.68. The molecule has 1 aliphatic rings. The molecule has 1 aromatic rings. The van der Waals surface area contributed by atoms with Crippen LogP contribution in [-0.2, 0) is 13.1 Å². The minimum Gasteiger partial charge on any atom is -0.394 e. The average molecular weight is 276 g/mol. The Hall–Kier alpha value is -1.38. The van der Waals surface area contributed by atoms with Crippen molar-refractivity contribution in [2.24, 2.45) is 5.92 Å². The van der Waals surface area contributed by atoms with E-state index >= 15 is 0 Å². The van der Waals surface area contributed by atoms with Crippen LogP contribution in [0.1, 0.15) is 36.2 Å². The summed E-state index contributed by atoms with van der Waals surface area (Å²) in [5.41, 5.74) is 3.42. The first-order chi connectivity index (χ1) is 9.65. The van der Waals surface area contributed by atoms with Gasteiger partial charge in [-0.15, -0.1) is 0 Å². The number of nitrogens with zero attached hydrogens (tertiary/aromatic N) is 4. The van der Waals surface area contributed by atoms with E-state index in [1.807, 2.05) is 11.6 Å². The van der Waals surface area contributed by atoms with Gasteiger partial charge in [0.1, 0.15) is 0 Å². The van der Waals surface area contributed by atoms with Gasteiger partial charge in [-0.3, -0.25) is 9.58 Å². The molecule has 1 N–H and O–H groups in total. The summed E-state index contributed by atoms with van der Waals surface area (Å²) in [7, 11) is 0. The predicted molar refractivity (Wildman–Crippen MR) is 77.0 cm³/mol. The molecule has 0 atom stereocenters. The lowest BCUT2D eigenvalue weighted by Crippen LogP contribution is -2.27. The molecule has 5 nitrogen and oxygen atoms in total. The van der Waals surface area contributed by atoms with E-state index in [1.165, 1.54) is 18.4 Å². The maximum Gasteiger partial charge on any atom is 0.0644 e. The molecule has 0 bridgehead atoms. The molecule has 0 aromatic carbocycles. The van der Waals surface area contributed by atoms with Gasteiger partial charge in [0, 0.05) is 37.3 Å². The van der Waals surface area contributed by atoms with Gasteiger partial charge in [-0.1, -0.05) is 0 Å². The highest BCUT2D eigenvalue weighted by Crippen LogP contribution is 2.30. The molecule has 20 heavy (non-hydrogen) atoms. The smallest absolute Gasteiger partial charge is 0.0644 e. The van der Waals surface area contributed by atoms with E-state index in [2.05, 4.69) is 23.0 Å². The van der Waals surface area contributed by atoms with Crippen molar-refractivity contribution in [1.82, 2.24) is 14.7 Å². The number of nitriles is 1. The monoisotopic (exact) mass is 276 g/mol. The van der Waals surface area contributed by atoms with Crippen LogP contribution in [-0.4, -0.2) is 39.5 Å². The Morgan fingerprint density at radius 3 is 2.80 bits per heavy atom. The molecule has 1 aliphatic carbocycles. The molecule has 0 unspecified atom stereocenters. The first kappa shape index (κ1) is 15.0. The molecule has 1 fully saturated rings. The maximum absolute atomic E-state index is 9.06. The zero-order valence-electron chi connectivity index (χ0n) is 12.5. The van der Waals surface area contributed by atoms with Crippen molar-refractivity contribution in [2.45, 2.75) is 46.2 Å². The highest BCUT2D eigenvalue weighted by Gasteiger charge is 2.25. The van der Waals surface area contributed by atoms with Crippen LogP contribution in [0.25, 0.3) is 0 Å². The van der Waals surface area contributed by atoms with E-state index in [1.54, 1.807) is 0 Å². The normalized spacial score (nSPS) is 14.8. The van der Waals surface area contributed by atoms with E-state index in [0.29, 0.717) is 13.0 Å². The average Bonchev–Trinajstić information content (AvgIpc) is 3.19. The Morgan fingerprint density at radius 2 is 2.20 bits per heavy atom. The fourth-order valence-electron chi connectivity index (χ4n) is 2.61. The van der Waals surface area contributed by atoms with Crippen LogP contribution in [0.3, 0.4) is 0 Å². The first-order valence-electron chi connectivity index (χ1n) is 7.38. The van der Waals surface area contributed by atoms with E-state index in [0.717, 1.165) is 36.9 Å². The van der Waals surface area contributed by atoms with Crippen LogP contribution in [0, 0.1) is 31.1 Å². The molecule has 110 valence electrons. The number of hydrogen-bond acceptors (Lipinski definition) is 4. The molecule has 0 spiro atoms. The molecule has 1 saturated carbocycles. The highest BCUT2D eigenvalue weighted by atomic mass is 16.3. The Bertz CT molecular complexity index is 485. The Labute approximate surface area is 120 Å². The van der Waals surface area contributed by atoms with Crippen molar-refractivity contribution in [3.05, 3.63) is 17.0 Å². The minimum absolute atomic E-state index is 0.113. The zero-order valence-corrected chi connectivity index (χ0v) is 12.5. The summed E-state index contributed by atoms with van der Waals surface area (Å²) in [5.74, 6) is 0.821. The van der Waals surface area contributed by atoms with Crippen molar-refractivity contribution in [1.29, 1.82) is 5.26 Å². The van der Waals surface area contributed by atoms with Gasteiger partial charge in [0.25, 0.3) is 0 Å². The number of aromatic nitrogens is 2. The molecule has 5 heteroatoms. The largest absolute Gasteiger partial charge is 0.394 e. The molecule has 2 rings (SSSR count). The lowest BCUT2D eigenvalue weighted by atomic mass is 10.1. The molecular weight excluding hydrogens is 252 g/mol. The zero-order chi connectivity index (χ0) is 14.5. The number of aliphatic hydroxyl groups excluding tert-OH is 1. The minimum atomic E-state index is 0.113. The Morgan fingerprint density at radius 1 is 1.45 bits per heavy atom. The third kappa shape index (κ3) is 3.81. The maximum atomic E-state index is 9.06. The number of aryl methyl sites for hydroxylation is 1. The molecule has 1 heterocycles. The number of hydrogen-bond donors (Lipinski definition) is 1. The number of rotatable bonds is 8. The fraction of sp³-hybridized carbons (Fsp3) is 0.733. The van der Waals surface area contributed by atoms with Crippen molar-refractivity contribution < 1.29 is 5.11 Å². The van der Waals surface area contributed by atoms with Gasteiger partial charge in [-0.2, -0.15) is 10.4 Å². The lowest BCUT2D eigenvalue weighted by Gasteiger charge is -2.21. The summed E-state index contributed by atoms with van der Waals surface area (Å²) < 4.78 is 1.88. The summed E-state index contributed by atoms with van der Waals surface area (Å²) in [6, 6.07) is 2.24. The SMILES string of the molecule is Cc1nn(CCO)c(C)c1CN(CCC#N)CC1CC1. The third-order valence-corrected chi connectivity index (χ3v) is 3.98. The van der Waals surface area contributed by atoms with E-state index in [9.17, 15) is 0 Å². The van der Waals surface area contributed by atoms with Gasteiger partial charge in [0.15, 0.2) is 0 Å². The van der Waals surface area contributed by atoms with E-state index in [4.69, 9.17) is 10.4 Å². The van der Waals surface area contributed by atoms with E-state index < -0.39 is 0 Å². The second kappa shape index (κ2) is 6.87. The lowest BCUT2D eigenvalue weighted by molar-refractivity contribution is 0.258. The van der Waals surface area contributed by atoms with Crippen LogP contribution < -0.4 is 0 Å². The number of aliphatic hydroxyl groups is 1. The van der Waals surface area contributed by atoms with Crippen LogP contribution in [0.5, 0.6) is 0 Å². The quantitative estimate of drug-likeness (QED) is 0.783. The molecular formula is C15H24N4O. The van der Waals surface area contributed by atoms with Crippen molar-refractivity contribution in [3.8, 4) is 6.07 Å². The Balaban J connectivity index is 2.06. The first-order valence-corrected chi connectivity index (χ1v) is 7.38. The van der Waals surface area contributed by atoms with Gasteiger partial charge in [0.05, 0.1) is 24.9 Å². The Kier molecular flexibility index (Phi) is 5.16. The summed E-state index contributed by atoms with van der Waals surface area (Å²) in [6.45, 7) is 7.53. The summed E-state index contributed by atoms with van der Waals surface area (Å²) in [4.78, 5) is 2.38. The van der Waals surface area contributed by atoms with Gasteiger partial charge < -0.3 is 5.11 Å². The summed E-state index contributed by atoms with van der Waals surface area (Å²) in [5, 5.41) is 22.3. The van der Waals surface area contributed by atoms with Gasteiger partial charge in [0.2, 0.25) is 0 Å². The molecule has 0 aliphatic heterocycles. The fourth-order valence-corrected chi connectivity index (χ4v) is 2.61. The predicted octanol–water partition coefficient (Wildman–Crippen LogP) is 1.62. The molecule has 0 radical (unpaired) electrons. The van der Waals surface area contributed by atoms with E-state index in [-0.39, 0.29) is 6.61 Å². The topological polar surface area (TPSA) is 65.1 Å². The van der Waals surface area contributed by atoms with Gasteiger partial charge >= 0.3 is 0 Å². The van der Waals surface area contributed by atoms with Crippen LogP contribution in [0.4, 0.5) is 0 Å². The van der Waals surface area contributed by atoms with Gasteiger partial charge in [-0.05, 0) is 32.6 Å². The van der Waals surface area contributed by atoms with Crippen LogP contribution in [0.15, 0.2) is 0 Å². The second-order valence-electron chi connectivity index (χ2n) is 5.68. The van der Waals surface area contributed by atoms with Crippen LogP contribution >= 0.6 is 0 Å². The molecule has 0 saturated heterocycles. The van der Waals surface area contributed by atoms with Gasteiger partial charge in [-0.25, -0.2) is 0 Å².